The molecule has 0 bridgehead atoms. The second kappa shape index (κ2) is 5.14. The van der Waals surface area contributed by atoms with Gasteiger partial charge in [-0.2, -0.15) is 0 Å². The fourth-order valence-electron chi connectivity index (χ4n) is 1.50. The molecule has 1 rings (SSSR count). The van der Waals surface area contributed by atoms with E-state index in [1.165, 1.54) is 31.2 Å². The van der Waals surface area contributed by atoms with Gasteiger partial charge in [-0.3, -0.25) is 0 Å². The molecule has 0 atom stereocenters. The molecular weight excluding hydrogens is 240 g/mol. The lowest BCUT2D eigenvalue weighted by atomic mass is 10.1. The van der Waals surface area contributed by atoms with Crippen molar-refractivity contribution in [2.75, 3.05) is 5.75 Å². The standard InChI is InChI=1S/C12H14O4S/c1-3-4-8-17(15,16)11-7-5-6-10(9(11)2)12(13)14/h3-7H,8H2,1-2H3,(H,13,14)/b4-3+. The molecule has 1 N–H and O–H groups in total. The fourth-order valence-corrected chi connectivity index (χ4v) is 2.98. The molecule has 0 saturated heterocycles. The molecule has 0 spiro atoms. The minimum absolute atomic E-state index is 0.0200. The van der Waals surface area contributed by atoms with Gasteiger partial charge in [-0.1, -0.05) is 18.2 Å². The van der Waals surface area contributed by atoms with Gasteiger partial charge in [-0.15, -0.1) is 0 Å². The maximum Gasteiger partial charge on any atom is 0.335 e. The molecule has 0 saturated carbocycles. The zero-order valence-electron chi connectivity index (χ0n) is 9.67. The zero-order valence-corrected chi connectivity index (χ0v) is 10.5. The SMILES string of the molecule is C/C=C/CS(=O)(=O)c1cccc(C(=O)O)c1C. The van der Waals surface area contributed by atoms with Gasteiger partial charge in [0.1, 0.15) is 0 Å². The van der Waals surface area contributed by atoms with Crippen LogP contribution in [0, 0.1) is 6.92 Å². The highest BCUT2D eigenvalue weighted by Crippen LogP contribution is 2.20. The number of allylic oxidation sites excluding steroid dienone is 1. The summed E-state index contributed by atoms with van der Waals surface area (Å²) in [4.78, 5) is 11.0. The van der Waals surface area contributed by atoms with Crippen LogP contribution in [-0.4, -0.2) is 25.2 Å². The molecular formula is C12H14O4S. The highest BCUT2D eigenvalue weighted by Gasteiger charge is 2.19. The van der Waals surface area contributed by atoms with Gasteiger partial charge in [0.15, 0.2) is 9.84 Å². The number of carboxylic acids is 1. The number of hydrogen-bond donors (Lipinski definition) is 1. The lowest BCUT2D eigenvalue weighted by Gasteiger charge is -2.08. The number of carbonyl (C=O) groups is 1. The van der Waals surface area contributed by atoms with Crippen molar-refractivity contribution in [1.29, 1.82) is 0 Å². The molecule has 0 fully saturated rings. The maximum absolute atomic E-state index is 11.9. The molecule has 92 valence electrons. The molecule has 0 radical (unpaired) electrons. The first-order valence-corrected chi connectivity index (χ1v) is 6.72. The third-order valence-corrected chi connectivity index (χ3v) is 4.14. The summed E-state index contributed by atoms with van der Waals surface area (Å²) >= 11 is 0. The first-order valence-electron chi connectivity index (χ1n) is 5.07. The van der Waals surface area contributed by atoms with Crippen LogP contribution in [0.3, 0.4) is 0 Å². The molecule has 4 nitrogen and oxygen atoms in total. The first kappa shape index (κ1) is 13.4. The lowest BCUT2D eigenvalue weighted by Crippen LogP contribution is -2.10. The van der Waals surface area contributed by atoms with Crippen LogP contribution in [0.4, 0.5) is 0 Å². The predicted molar refractivity (Wildman–Crippen MR) is 65.0 cm³/mol. The minimum Gasteiger partial charge on any atom is -0.478 e. The minimum atomic E-state index is -3.46. The number of carboxylic acid groups (broad SMARTS) is 1. The van der Waals surface area contributed by atoms with Crippen LogP contribution in [-0.2, 0) is 9.84 Å². The Kier molecular flexibility index (Phi) is 4.07. The van der Waals surface area contributed by atoms with Crippen molar-refractivity contribution in [3.63, 3.8) is 0 Å². The third-order valence-electron chi connectivity index (χ3n) is 2.40. The van der Waals surface area contributed by atoms with E-state index in [0.717, 1.165) is 0 Å². The van der Waals surface area contributed by atoms with Crippen molar-refractivity contribution < 1.29 is 18.3 Å². The van der Waals surface area contributed by atoms with Crippen LogP contribution in [0.15, 0.2) is 35.2 Å². The van der Waals surface area contributed by atoms with E-state index in [-0.39, 0.29) is 21.8 Å². The normalized spacial score (nSPS) is 11.9. The molecule has 0 aliphatic heterocycles. The Bertz CT molecular complexity index is 556. The summed E-state index contributed by atoms with van der Waals surface area (Å²) in [5.41, 5.74) is 0.302. The molecule has 17 heavy (non-hydrogen) atoms. The van der Waals surface area contributed by atoms with E-state index in [0.29, 0.717) is 0 Å². The number of sulfone groups is 1. The highest BCUT2D eigenvalue weighted by molar-refractivity contribution is 7.91. The Labute approximate surface area is 101 Å². The quantitative estimate of drug-likeness (QED) is 0.835. The highest BCUT2D eigenvalue weighted by atomic mass is 32.2. The maximum atomic E-state index is 11.9. The number of rotatable bonds is 4. The van der Waals surface area contributed by atoms with Crippen LogP contribution in [0.2, 0.25) is 0 Å². The van der Waals surface area contributed by atoms with Crippen molar-refractivity contribution in [1.82, 2.24) is 0 Å². The molecule has 0 unspecified atom stereocenters. The van der Waals surface area contributed by atoms with Gasteiger partial charge >= 0.3 is 5.97 Å². The average molecular weight is 254 g/mol. The Hall–Kier alpha value is -1.62. The van der Waals surface area contributed by atoms with Crippen LogP contribution in [0.25, 0.3) is 0 Å². The molecule has 0 amide bonds. The van der Waals surface area contributed by atoms with Gasteiger partial charge < -0.3 is 5.11 Å². The largest absolute Gasteiger partial charge is 0.478 e. The Morgan fingerprint density at radius 2 is 2.06 bits per heavy atom. The second-order valence-corrected chi connectivity index (χ2v) is 5.59. The monoisotopic (exact) mass is 254 g/mol. The second-order valence-electron chi connectivity index (χ2n) is 3.58. The van der Waals surface area contributed by atoms with Gasteiger partial charge in [0.05, 0.1) is 16.2 Å². The van der Waals surface area contributed by atoms with Gasteiger partial charge in [0.2, 0.25) is 0 Å². The number of aromatic carboxylic acids is 1. The summed E-state index contributed by atoms with van der Waals surface area (Å²) in [6.07, 6.45) is 3.18. The van der Waals surface area contributed by atoms with E-state index < -0.39 is 15.8 Å². The van der Waals surface area contributed by atoms with E-state index >= 15 is 0 Å². The molecule has 0 aliphatic carbocycles. The van der Waals surface area contributed by atoms with Gasteiger partial charge in [0, 0.05) is 0 Å². The molecule has 0 heterocycles. The van der Waals surface area contributed by atoms with Gasteiger partial charge in [-0.05, 0) is 31.5 Å². The van der Waals surface area contributed by atoms with E-state index in [2.05, 4.69) is 0 Å². The van der Waals surface area contributed by atoms with Crippen molar-refractivity contribution >= 4 is 15.8 Å². The molecule has 1 aromatic carbocycles. The van der Waals surface area contributed by atoms with Gasteiger partial charge in [0.25, 0.3) is 0 Å². The third kappa shape index (κ3) is 2.94. The van der Waals surface area contributed by atoms with Crippen molar-refractivity contribution in [2.24, 2.45) is 0 Å². The first-order chi connectivity index (χ1) is 7.90. The molecule has 5 heteroatoms. The van der Waals surface area contributed by atoms with Crippen molar-refractivity contribution in [3.05, 3.63) is 41.5 Å². The van der Waals surface area contributed by atoms with Crippen molar-refractivity contribution in [2.45, 2.75) is 18.7 Å². The molecule has 0 aromatic heterocycles. The van der Waals surface area contributed by atoms with Crippen LogP contribution in [0.1, 0.15) is 22.8 Å². The summed E-state index contributed by atoms with van der Waals surface area (Å²) < 4.78 is 23.9. The summed E-state index contributed by atoms with van der Waals surface area (Å²) in [5, 5.41) is 8.92. The number of hydrogen-bond acceptors (Lipinski definition) is 3. The van der Waals surface area contributed by atoms with Crippen LogP contribution >= 0.6 is 0 Å². The van der Waals surface area contributed by atoms with E-state index in [4.69, 9.17) is 5.11 Å². The smallest absolute Gasteiger partial charge is 0.335 e. The summed E-state index contributed by atoms with van der Waals surface area (Å²) in [6.45, 7) is 3.24. The van der Waals surface area contributed by atoms with E-state index in [1.54, 1.807) is 13.0 Å². The van der Waals surface area contributed by atoms with Gasteiger partial charge in [-0.25, -0.2) is 13.2 Å². The lowest BCUT2D eigenvalue weighted by molar-refractivity contribution is 0.0696. The summed E-state index contributed by atoms with van der Waals surface area (Å²) in [7, 11) is -3.46. The molecule has 0 aliphatic rings. The van der Waals surface area contributed by atoms with Crippen LogP contribution in [0.5, 0.6) is 0 Å². The average Bonchev–Trinajstić information content (AvgIpc) is 2.26. The predicted octanol–water partition coefficient (Wildman–Crippen LogP) is 2.04. The number of benzene rings is 1. The Morgan fingerprint density at radius 3 is 2.59 bits per heavy atom. The Balaban J connectivity index is 3.33. The van der Waals surface area contributed by atoms with Crippen LogP contribution < -0.4 is 0 Å². The fraction of sp³-hybridized carbons (Fsp3) is 0.250. The molecule has 1 aromatic rings. The van der Waals surface area contributed by atoms with Crippen molar-refractivity contribution in [3.8, 4) is 0 Å². The zero-order chi connectivity index (χ0) is 13.1. The van der Waals surface area contributed by atoms with E-state index in [1.807, 2.05) is 0 Å². The Morgan fingerprint density at radius 1 is 1.41 bits per heavy atom. The summed E-state index contributed by atoms with van der Waals surface area (Å²) in [5.74, 6) is -1.24. The topological polar surface area (TPSA) is 71.4 Å². The van der Waals surface area contributed by atoms with E-state index in [9.17, 15) is 13.2 Å². The summed E-state index contributed by atoms with van der Waals surface area (Å²) in [6, 6.07) is 4.27.